The molecule has 16 heavy (non-hydrogen) atoms. The molecule has 1 atom stereocenters. The summed E-state index contributed by atoms with van der Waals surface area (Å²) in [4.78, 5) is 11.7. The zero-order chi connectivity index (χ0) is 11.3. The smallest absolute Gasteiger partial charge is 0.251 e. The first-order valence-electron chi connectivity index (χ1n) is 5.04. The number of pyridine rings is 1. The van der Waals surface area contributed by atoms with Gasteiger partial charge in [-0.25, -0.2) is 0 Å². The van der Waals surface area contributed by atoms with Crippen molar-refractivity contribution in [2.75, 3.05) is 0 Å². The normalized spacial score (nSPS) is 17.6. The molecule has 0 fully saturated rings. The van der Waals surface area contributed by atoms with Crippen molar-refractivity contribution in [1.82, 2.24) is 4.57 Å². The number of nitrogens with zero attached hydrogens (tertiary/aromatic N) is 2. The van der Waals surface area contributed by atoms with Crippen LogP contribution in [0.15, 0.2) is 29.1 Å². The summed E-state index contributed by atoms with van der Waals surface area (Å²) >= 11 is 0. The van der Waals surface area contributed by atoms with Gasteiger partial charge >= 0.3 is 0 Å². The third-order valence-corrected chi connectivity index (χ3v) is 3.06. The molecule has 0 saturated heterocycles. The van der Waals surface area contributed by atoms with Gasteiger partial charge in [0.15, 0.2) is 0 Å². The van der Waals surface area contributed by atoms with Gasteiger partial charge in [0.2, 0.25) is 0 Å². The van der Waals surface area contributed by atoms with Gasteiger partial charge in [0.05, 0.1) is 23.2 Å². The Morgan fingerprint density at radius 3 is 2.88 bits per heavy atom. The van der Waals surface area contributed by atoms with Gasteiger partial charge in [-0.1, -0.05) is 6.07 Å². The predicted molar refractivity (Wildman–Crippen MR) is 59.9 cm³/mol. The van der Waals surface area contributed by atoms with Crippen LogP contribution in [-0.4, -0.2) is 4.57 Å². The number of rotatable bonds is 0. The maximum absolute atomic E-state index is 11.7. The van der Waals surface area contributed by atoms with Gasteiger partial charge in [-0.15, -0.1) is 0 Å². The van der Waals surface area contributed by atoms with Crippen LogP contribution < -0.4 is 11.3 Å². The summed E-state index contributed by atoms with van der Waals surface area (Å²) in [6.07, 6.45) is 0. The van der Waals surface area contributed by atoms with E-state index in [-0.39, 0.29) is 11.6 Å². The minimum Gasteiger partial charge on any atom is -0.322 e. The summed E-state index contributed by atoms with van der Waals surface area (Å²) in [6, 6.07) is 8.80. The molecule has 0 spiro atoms. The maximum Gasteiger partial charge on any atom is 0.251 e. The second kappa shape index (κ2) is 2.94. The first kappa shape index (κ1) is 9.13. The summed E-state index contributed by atoms with van der Waals surface area (Å²) in [5.41, 5.74) is 8.10. The molecule has 0 unspecified atom stereocenters. The van der Waals surface area contributed by atoms with Crippen molar-refractivity contribution in [2.24, 2.45) is 5.73 Å². The fourth-order valence-corrected chi connectivity index (χ4v) is 2.36. The highest BCUT2D eigenvalue weighted by atomic mass is 16.1. The lowest BCUT2D eigenvalue weighted by molar-refractivity contribution is 0.620. The summed E-state index contributed by atoms with van der Waals surface area (Å²) in [5, 5.41) is 9.99. The molecular weight excluding hydrogens is 202 g/mol. The second-order valence-electron chi connectivity index (χ2n) is 3.97. The van der Waals surface area contributed by atoms with Crippen molar-refractivity contribution < 1.29 is 0 Å². The molecule has 2 heterocycles. The molecule has 1 aromatic carbocycles. The van der Waals surface area contributed by atoms with Gasteiger partial charge in [0.25, 0.3) is 5.56 Å². The van der Waals surface area contributed by atoms with Gasteiger partial charge in [-0.3, -0.25) is 4.79 Å². The fourth-order valence-electron chi connectivity index (χ4n) is 2.36. The average molecular weight is 211 g/mol. The van der Waals surface area contributed by atoms with Gasteiger partial charge in [-0.2, -0.15) is 5.26 Å². The number of benzene rings is 1. The molecule has 0 bridgehead atoms. The fraction of sp³-hybridized carbons (Fsp3) is 0.167. The summed E-state index contributed by atoms with van der Waals surface area (Å²) in [6.45, 7) is 0.462. The molecule has 0 aliphatic carbocycles. The van der Waals surface area contributed by atoms with Crippen LogP contribution in [0.1, 0.15) is 17.2 Å². The van der Waals surface area contributed by atoms with Gasteiger partial charge in [-0.05, 0) is 17.5 Å². The number of hydrogen-bond donors (Lipinski definition) is 1. The lowest BCUT2D eigenvalue weighted by Gasteiger charge is -2.04. The number of aromatic nitrogens is 1. The molecule has 0 amide bonds. The molecule has 3 rings (SSSR count). The van der Waals surface area contributed by atoms with E-state index in [1.54, 1.807) is 16.7 Å². The molecular formula is C12H9N3O. The summed E-state index contributed by atoms with van der Waals surface area (Å²) < 4.78 is 1.65. The van der Waals surface area contributed by atoms with Crippen LogP contribution in [0.4, 0.5) is 0 Å². The van der Waals surface area contributed by atoms with E-state index in [0.29, 0.717) is 12.1 Å². The van der Waals surface area contributed by atoms with E-state index in [1.807, 2.05) is 6.07 Å². The first-order chi connectivity index (χ1) is 7.72. The maximum atomic E-state index is 11.7. The van der Waals surface area contributed by atoms with E-state index in [4.69, 9.17) is 11.0 Å². The molecule has 1 aromatic heterocycles. The third-order valence-electron chi connectivity index (χ3n) is 3.06. The molecule has 4 heteroatoms. The highest BCUT2D eigenvalue weighted by Gasteiger charge is 2.24. The van der Waals surface area contributed by atoms with E-state index in [0.717, 1.165) is 16.5 Å². The van der Waals surface area contributed by atoms with Crippen LogP contribution in [0.2, 0.25) is 0 Å². The Bertz CT molecular complexity index is 694. The molecule has 2 aromatic rings. The lowest BCUT2D eigenvalue weighted by atomic mass is 10.0. The monoisotopic (exact) mass is 211 g/mol. The van der Waals surface area contributed by atoms with Crippen LogP contribution in [0.3, 0.4) is 0 Å². The van der Waals surface area contributed by atoms with Crippen molar-refractivity contribution in [3.63, 3.8) is 0 Å². The topological polar surface area (TPSA) is 71.8 Å². The largest absolute Gasteiger partial charge is 0.322 e. The molecule has 1 aliphatic heterocycles. The van der Waals surface area contributed by atoms with Gasteiger partial charge in [0, 0.05) is 18.2 Å². The van der Waals surface area contributed by atoms with E-state index in [1.165, 1.54) is 6.07 Å². The Labute approximate surface area is 91.5 Å². The Hall–Kier alpha value is -2.12. The van der Waals surface area contributed by atoms with Crippen LogP contribution >= 0.6 is 0 Å². The van der Waals surface area contributed by atoms with Gasteiger partial charge in [0.1, 0.15) is 0 Å². The lowest BCUT2D eigenvalue weighted by Crippen LogP contribution is -2.19. The van der Waals surface area contributed by atoms with Crippen LogP contribution in [-0.2, 0) is 6.54 Å². The van der Waals surface area contributed by atoms with E-state index in [2.05, 4.69) is 6.07 Å². The van der Waals surface area contributed by atoms with Crippen LogP contribution in [0.5, 0.6) is 0 Å². The molecule has 0 saturated carbocycles. The van der Waals surface area contributed by atoms with Gasteiger partial charge < -0.3 is 10.3 Å². The van der Waals surface area contributed by atoms with Crippen molar-refractivity contribution in [3.8, 4) is 6.07 Å². The Morgan fingerprint density at radius 1 is 1.38 bits per heavy atom. The summed E-state index contributed by atoms with van der Waals surface area (Å²) in [5.74, 6) is 0. The highest BCUT2D eigenvalue weighted by Crippen LogP contribution is 2.31. The molecule has 0 radical (unpaired) electrons. The number of nitriles is 1. The quantitative estimate of drug-likeness (QED) is 0.703. The SMILES string of the molecule is N#Cc1ccc2ccc(=O)n3c2c1[C@H](N)C3. The molecule has 4 nitrogen and oxygen atoms in total. The van der Waals surface area contributed by atoms with E-state index in [9.17, 15) is 4.79 Å². The van der Waals surface area contributed by atoms with E-state index >= 15 is 0 Å². The van der Waals surface area contributed by atoms with Crippen molar-refractivity contribution in [2.45, 2.75) is 12.6 Å². The van der Waals surface area contributed by atoms with E-state index < -0.39 is 0 Å². The van der Waals surface area contributed by atoms with Crippen molar-refractivity contribution >= 4 is 10.9 Å². The minimum atomic E-state index is -0.256. The zero-order valence-corrected chi connectivity index (χ0v) is 8.47. The summed E-state index contributed by atoms with van der Waals surface area (Å²) in [7, 11) is 0. The van der Waals surface area contributed by atoms with Crippen LogP contribution in [0.25, 0.3) is 10.9 Å². The first-order valence-corrected chi connectivity index (χ1v) is 5.04. The Morgan fingerprint density at radius 2 is 2.12 bits per heavy atom. The Balaban J connectivity index is 2.58. The zero-order valence-electron chi connectivity index (χ0n) is 8.47. The van der Waals surface area contributed by atoms with Crippen molar-refractivity contribution in [3.05, 3.63) is 45.7 Å². The standard InChI is InChI=1S/C12H9N3O/c13-5-8-2-1-7-3-4-10(16)15-6-9(14)11(8)12(7)15/h1-4,9H,6,14H2/t9-/m1/s1. The van der Waals surface area contributed by atoms with Crippen molar-refractivity contribution in [1.29, 1.82) is 5.26 Å². The minimum absolute atomic E-state index is 0.0585. The number of nitrogens with two attached hydrogens (primary N) is 1. The second-order valence-corrected chi connectivity index (χ2v) is 3.97. The molecule has 2 N–H and O–H groups in total. The van der Waals surface area contributed by atoms with Crippen LogP contribution in [0, 0.1) is 11.3 Å². The average Bonchev–Trinajstić information content (AvgIpc) is 2.64. The molecule has 1 aliphatic rings. The number of hydrogen-bond acceptors (Lipinski definition) is 3. The highest BCUT2D eigenvalue weighted by molar-refractivity contribution is 5.86. The third kappa shape index (κ3) is 0.980. The predicted octanol–water partition coefficient (Wildman–Crippen LogP) is 0.887. The molecule has 78 valence electrons. The Kier molecular flexibility index (Phi) is 1.68.